The highest BCUT2D eigenvalue weighted by molar-refractivity contribution is 5.46. The fraction of sp³-hybridized carbons (Fsp3) is 0.667. The number of rotatable bonds is 5. The summed E-state index contributed by atoms with van der Waals surface area (Å²) >= 11 is 0. The van der Waals surface area contributed by atoms with Crippen molar-refractivity contribution in [1.82, 2.24) is 4.90 Å². The molecule has 1 aliphatic heterocycles. The Hall–Kier alpha value is -1.02. The summed E-state index contributed by atoms with van der Waals surface area (Å²) in [4.78, 5) is 2.43. The van der Waals surface area contributed by atoms with Gasteiger partial charge < -0.3 is 10.2 Å². The lowest BCUT2D eigenvalue weighted by atomic mass is 9.90. The average molecular weight is 274 g/mol. The van der Waals surface area contributed by atoms with Crippen LogP contribution in [-0.2, 0) is 0 Å². The lowest BCUT2D eigenvalue weighted by Gasteiger charge is -2.33. The zero-order valence-electron chi connectivity index (χ0n) is 13.5. The first-order valence-electron chi connectivity index (χ1n) is 8.15. The molecule has 1 saturated heterocycles. The summed E-state index contributed by atoms with van der Waals surface area (Å²) in [6, 6.07) is 9.61. The quantitative estimate of drug-likeness (QED) is 0.859. The molecule has 0 bridgehead atoms. The monoisotopic (exact) mass is 274 g/mol. The van der Waals surface area contributed by atoms with Crippen molar-refractivity contribution in [2.75, 3.05) is 25.5 Å². The van der Waals surface area contributed by atoms with Crippen molar-refractivity contribution in [3.8, 4) is 0 Å². The Morgan fingerprint density at radius 1 is 1.15 bits per heavy atom. The van der Waals surface area contributed by atoms with Crippen molar-refractivity contribution in [3.05, 3.63) is 29.8 Å². The van der Waals surface area contributed by atoms with Crippen molar-refractivity contribution >= 4 is 5.69 Å². The van der Waals surface area contributed by atoms with E-state index in [1.807, 2.05) is 0 Å². The van der Waals surface area contributed by atoms with Crippen LogP contribution in [-0.4, -0.2) is 31.1 Å². The number of benzene rings is 1. The lowest BCUT2D eigenvalue weighted by Crippen LogP contribution is -2.37. The molecule has 0 aromatic heterocycles. The molecule has 0 spiro atoms. The average Bonchev–Trinajstić information content (AvgIpc) is 2.48. The van der Waals surface area contributed by atoms with E-state index in [1.54, 1.807) is 0 Å². The van der Waals surface area contributed by atoms with Crippen LogP contribution in [0, 0.1) is 5.92 Å². The Bertz CT molecular complexity index is 390. The predicted molar refractivity (Wildman–Crippen MR) is 88.5 cm³/mol. The van der Waals surface area contributed by atoms with Crippen LogP contribution in [0.15, 0.2) is 24.3 Å². The SMILES string of the molecule is CCC(C)c1ccc(NC(C)C2CCN(C)CC2)cc1. The van der Waals surface area contributed by atoms with E-state index in [-0.39, 0.29) is 0 Å². The highest BCUT2D eigenvalue weighted by Crippen LogP contribution is 2.24. The molecule has 112 valence electrons. The molecule has 1 fully saturated rings. The van der Waals surface area contributed by atoms with E-state index in [4.69, 9.17) is 0 Å². The molecular formula is C18H30N2. The highest BCUT2D eigenvalue weighted by Gasteiger charge is 2.22. The normalized spacial score (nSPS) is 20.6. The Morgan fingerprint density at radius 3 is 2.30 bits per heavy atom. The smallest absolute Gasteiger partial charge is 0.0342 e. The Morgan fingerprint density at radius 2 is 1.75 bits per heavy atom. The molecule has 0 amide bonds. The zero-order chi connectivity index (χ0) is 14.5. The summed E-state index contributed by atoms with van der Waals surface area (Å²) in [5, 5.41) is 3.69. The molecule has 1 N–H and O–H groups in total. The molecule has 1 aromatic carbocycles. The Labute approximate surface area is 124 Å². The number of anilines is 1. The minimum Gasteiger partial charge on any atom is -0.382 e. The van der Waals surface area contributed by atoms with Gasteiger partial charge in [-0.3, -0.25) is 0 Å². The first-order chi connectivity index (χ1) is 9.60. The third kappa shape index (κ3) is 3.99. The molecule has 1 heterocycles. The molecule has 2 rings (SSSR count). The third-order valence-corrected chi connectivity index (χ3v) is 4.96. The minimum atomic E-state index is 0.568. The van der Waals surface area contributed by atoms with E-state index in [9.17, 15) is 0 Å². The predicted octanol–water partition coefficient (Wildman–Crippen LogP) is 4.34. The summed E-state index contributed by atoms with van der Waals surface area (Å²) in [5.74, 6) is 1.47. The van der Waals surface area contributed by atoms with E-state index in [0.29, 0.717) is 12.0 Å². The standard InChI is InChI=1S/C18H30N2/c1-5-14(2)16-6-8-18(9-7-16)19-15(3)17-10-12-20(4)13-11-17/h6-9,14-15,17,19H,5,10-13H2,1-4H3. The van der Waals surface area contributed by atoms with Crippen LogP contribution in [0.25, 0.3) is 0 Å². The molecule has 0 aliphatic carbocycles. The maximum atomic E-state index is 3.69. The van der Waals surface area contributed by atoms with Crippen molar-refractivity contribution in [2.45, 2.75) is 52.0 Å². The van der Waals surface area contributed by atoms with Gasteiger partial charge in [0.25, 0.3) is 0 Å². The van der Waals surface area contributed by atoms with Crippen molar-refractivity contribution in [2.24, 2.45) is 5.92 Å². The second-order valence-corrected chi connectivity index (χ2v) is 6.51. The van der Waals surface area contributed by atoms with Gasteiger partial charge in [0, 0.05) is 11.7 Å². The number of nitrogens with one attached hydrogen (secondary N) is 1. The number of hydrogen-bond donors (Lipinski definition) is 1. The number of nitrogens with zero attached hydrogens (tertiary/aromatic N) is 1. The molecule has 0 radical (unpaired) electrons. The van der Waals surface area contributed by atoms with E-state index in [2.05, 4.69) is 62.3 Å². The van der Waals surface area contributed by atoms with Crippen LogP contribution in [0.2, 0.25) is 0 Å². The second kappa shape index (κ2) is 7.12. The summed E-state index contributed by atoms with van der Waals surface area (Å²) in [5.41, 5.74) is 2.72. The zero-order valence-corrected chi connectivity index (χ0v) is 13.5. The van der Waals surface area contributed by atoms with Crippen molar-refractivity contribution in [1.29, 1.82) is 0 Å². The van der Waals surface area contributed by atoms with E-state index in [0.717, 1.165) is 5.92 Å². The fourth-order valence-electron chi connectivity index (χ4n) is 3.05. The van der Waals surface area contributed by atoms with Gasteiger partial charge >= 0.3 is 0 Å². The summed E-state index contributed by atoms with van der Waals surface area (Å²) in [6.07, 6.45) is 3.84. The van der Waals surface area contributed by atoms with Gasteiger partial charge in [-0.25, -0.2) is 0 Å². The second-order valence-electron chi connectivity index (χ2n) is 6.51. The first kappa shape index (κ1) is 15.4. The van der Waals surface area contributed by atoms with Crippen LogP contribution >= 0.6 is 0 Å². The molecule has 2 unspecified atom stereocenters. The van der Waals surface area contributed by atoms with E-state index in [1.165, 1.54) is 43.6 Å². The van der Waals surface area contributed by atoms with Crippen LogP contribution in [0.4, 0.5) is 5.69 Å². The highest BCUT2D eigenvalue weighted by atomic mass is 15.1. The van der Waals surface area contributed by atoms with Gasteiger partial charge in [0.1, 0.15) is 0 Å². The topological polar surface area (TPSA) is 15.3 Å². The molecule has 1 aliphatic rings. The van der Waals surface area contributed by atoms with Crippen molar-refractivity contribution in [3.63, 3.8) is 0 Å². The fourth-order valence-corrected chi connectivity index (χ4v) is 3.05. The van der Waals surface area contributed by atoms with Crippen molar-refractivity contribution < 1.29 is 0 Å². The van der Waals surface area contributed by atoms with Gasteiger partial charge in [0.2, 0.25) is 0 Å². The number of piperidine rings is 1. The molecule has 2 nitrogen and oxygen atoms in total. The number of likely N-dealkylation sites (tertiary alicyclic amines) is 1. The van der Waals surface area contributed by atoms with E-state index < -0.39 is 0 Å². The summed E-state index contributed by atoms with van der Waals surface area (Å²) < 4.78 is 0. The molecular weight excluding hydrogens is 244 g/mol. The first-order valence-corrected chi connectivity index (χ1v) is 8.15. The van der Waals surface area contributed by atoms with Crippen LogP contribution < -0.4 is 5.32 Å². The van der Waals surface area contributed by atoms with Gasteiger partial charge in [0.15, 0.2) is 0 Å². The molecule has 1 aromatic rings. The largest absolute Gasteiger partial charge is 0.382 e. The number of hydrogen-bond acceptors (Lipinski definition) is 2. The van der Waals surface area contributed by atoms with Crippen LogP contribution in [0.5, 0.6) is 0 Å². The summed E-state index contributed by atoms with van der Waals surface area (Å²) in [6.45, 7) is 9.36. The molecule has 0 saturated carbocycles. The molecule has 20 heavy (non-hydrogen) atoms. The molecule has 2 atom stereocenters. The van der Waals surface area contributed by atoms with Gasteiger partial charge in [-0.2, -0.15) is 0 Å². The summed E-state index contributed by atoms with van der Waals surface area (Å²) in [7, 11) is 2.22. The molecule has 2 heteroatoms. The third-order valence-electron chi connectivity index (χ3n) is 4.96. The minimum absolute atomic E-state index is 0.568. The van der Waals surface area contributed by atoms with Gasteiger partial charge in [-0.05, 0) is 75.9 Å². The Kier molecular flexibility index (Phi) is 5.47. The lowest BCUT2D eigenvalue weighted by molar-refractivity contribution is 0.208. The van der Waals surface area contributed by atoms with Gasteiger partial charge in [0.05, 0.1) is 0 Å². The van der Waals surface area contributed by atoms with E-state index >= 15 is 0 Å². The van der Waals surface area contributed by atoms with Gasteiger partial charge in [-0.1, -0.05) is 26.0 Å². The Balaban J connectivity index is 1.89. The van der Waals surface area contributed by atoms with Crippen LogP contribution in [0.1, 0.15) is 51.5 Å². The van der Waals surface area contributed by atoms with Crippen LogP contribution in [0.3, 0.4) is 0 Å². The van der Waals surface area contributed by atoms with Gasteiger partial charge in [-0.15, -0.1) is 0 Å². The maximum Gasteiger partial charge on any atom is 0.0342 e. The maximum absolute atomic E-state index is 3.69.